The first-order valence-corrected chi connectivity index (χ1v) is 4.09. The molecule has 0 fully saturated rings. The first-order valence-electron chi connectivity index (χ1n) is 4.09. The summed E-state index contributed by atoms with van der Waals surface area (Å²) in [7, 11) is 1.92. The number of nitriles is 1. The molecule has 3 heteroatoms. The first-order chi connectivity index (χ1) is 6.31. The summed E-state index contributed by atoms with van der Waals surface area (Å²) in [5.74, 6) is 0. The average Bonchev–Trinajstić information content (AvgIpc) is 2.16. The summed E-state index contributed by atoms with van der Waals surface area (Å²) in [6, 6.07) is 10.1. The van der Waals surface area contributed by atoms with Gasteiger partial charge in [-0.1, -0.05) is 18.2 Å². The number of rotatable bonds is 0. The van der Waals surface area contributed by atoms with Crippen molar-refractivity contribution >= 4 is 10.8 Å². The zero-order chi connectivity index (χ0) is 9.26. The van der Waals surface area contributed by atoms with Crippen molar-refractivity contribution in [1.29, 1.82) is 5.26 Å². The highest BCUT2D eigenvalue weighted by Crippen LogP contribution is 2.14. The Labute approximate surface area is 99.8 Å². The van der Waals surface area contributed by atoms with Gasteiger partial charge < -0.3 is 24.0 Å². The van der Waals surface area contributed by atoms with Crippen molar-refractivity contribution in [2.45, 2.75) is 0 Å². The normalized spacial score (nSPS) is 9.14. The van der Waals surface area contributed by atoms with E-state index in [-0.39, 0.29) is 24.0 Å². The maximum absolute atomic E-state index is 8.90. The molecule has 2 rings (SSSR count). The molecule has 0 saturated heterocycles. The molecule has 0 bridgehead atoms. The molecule has 0 saturated carbocycles. The molecule has 0 radical (unpaired) electrons. The number of pyridine rings is 1. The van der Waals surface area contributed by atoms with Crippen molar-refractivity contribution in [3.63, 3.8) is 0 Å². The zero-order valence-corrected chi connectivity index (χ0v) is 9.89. The number of fused-ring (bicyclic) bond motifs is 1. The molecule has 0 aliphatic carbocycles. The van der Waals surface area contributed by atoms with E-state index in [1.54, 1.807) is 0 Å². The third kappa shape index (κ3) is 1.85. The number of nitrogens with zero attached hydrogens (tertiary/aromatic N) is 2. The van der Waals surface area contributed by atoms with Crippen LogP contribution in [0.4, 0.5) is 0 Å². The van der Waals surface area contributed by atoms with Crippen LogP contribution in [0.15, 0.2) is 36.7 Å². The number of benzene rings is 1. The number of halogens is 1. The van der Waals surface area contributed by atoms with E-state index in [4.69, 9.17) is 5.26 Å². The SMILES string of the molecule is C[n+]1cc(C#N)c2ccccc2c1.[I-]. The van der Waals surface area contributed by atoms with Gasteiger partial charge in [0.2, 0.25) is 0 Å². The fourth-order valence-corrected chi connectivity index (χ4v) is 1.47. The van der Waals surface area contributed by atoms with Crippen molar-refractivity contribution in [2.75, 3.05) is 0 Å². The highest BCUT2D eigenvalue weighted by Gasteiger charge is 2.05. The van der Waals surface area contributed by atoms with Crippen molar-refractivity contribution in [2.24, 2.45) is 7.05 Å². The minimum absolute atomic E-state index is 0. The highest BCUT2D eigenvalue weighted by atomic mass is 127. The molecular weight excluding hydrogens is 287 g/mol. The number of hydrogen-bond acceptors (Lipinski definition) is 1. The summed E-state index contributed by atoms with van der Waals surface area (Å²) in [5, 5.41) is 11.0. The van der Waals surface area contributed by atoms with Crippen molar-refractivity contribution in [3.8, 4) is 6.07 Å². The lowest BCUT2D eigenvalue weighted by molar-refractivity contribution is -0.670. The molecule has 0 unspecified atom stereocenters. The van der Waals surface area contributed by atoms with E-state index in [1.807, 2.05) is 48.3 Å². The van der Waals surface area contributed by atoms with Crippen LogP contribution in [0.3, 0.4) is 0 Å². The molecule has 0 atom stereocenters. The number of aryl methyl sites for hydroxylation is 1. The van der Waals surface area contributed by atoms with Gasteiger partial charge in [-0.25, -0.2) is 4.57 Å². The molecule has 0 aliphatic rings. The molecular formula is C11H9IN2. The molecule has 14 heavy (non-hydrogen) atoms. The fraction of sp³-hybridized carbons (Fsp3) is 0.0909. The topological polar surface area (TPSA) is 27.7 Å². The Balaban J connectivity index is 0.000000980. The Kier molecular flexibility index (Phi) is 3.42. The number of hydrogen-bond donors (Lipinski definition) is 0. The predicted molar refractivity (Wildman–Crippen MR) is 49.8 cm³/mol. The van der Waals surface area contributed by atoms with E-state index >= 15 is 0 Å². The second-order valence-corrected chi connectivity index (χ2v) is 3.04. The van der Waals surface area contributed by atoms with Gasteiger partial charge in [-0.05, 0) is 6.07 Å². The monoisotopic (exact) mass is 296 g/mol. The van der Waals surface area contributed by atoms with E-state index in [2.05, 4.69) is 6.07 Å². The Morgan fingerprint density at radius 1 is 1.21 bits per heavy atom. The molecule has 2 aromatic rings. The molecule has 1 aromatic heterocycles. The molecule has 0 amide bonds. The highest BCUT2D eigenvalue weighted by molar-refractivity contribution is 5.85. The van der Waals surface area contributed by atoms with Gasteiger partial charge in [0, 0.05) is 10.8 Å². The first kappa shape index (κ1) is 10.9. The Morgan fingerprint density at radius 3 is 2.64 bits per heavy atom. The lowest BCUT2D eigenvalue weighted by Crippen LogP contribution is -3.00. The van der Waals surface area contributed by atoms with Gasteiger partial charge in [-0.3, -0.25) is 0 Å². The molecule has 1 aromatic carbocycles. The van der Waals surface area contributed by atoms with Gasteiger partial charge in [-0.15, -0.1) is 0 Å². The van der Waals surface area contributed by atoms with Crippen LogP contribution in [-0.4, -0.2) is 0 Å². The van der Waals surface area contributed by atoms with Crippen LogP contribution in [0, 0.1) is 11.3 Å². The van der Waals surface area contributed by atoms with Crippen LogP contribution in [0.1, 0.15) is 5.56 Å². The van der Waals surface area contributed by atoms with Crippen LogP contribution < -0.4 is 28.5 Å². The number of aromatic nitrogens is 1. The second kappa shape index (κ2) is 4.38. The fourth-order valence-electron chi connectivity index (χ4n) is 1.47. The van der Waals surface area contributed by atoms with Crippen LogP contribution in [0.2, 0.25) is 0 Å². The van der Waals surface area contributed by atoms with Crippen molar-refractivity contribution in [1.82, 2.24) is 0 Å². The Morgan fingerprint density at radius 2 is 1.93 bits per heavy atom. The van der Waals surface area contributed by atoms with E-state index in [0.29, 0.717) is 0 Å². The summed E-state index contributed by atoms with van der Waals surface area (Å²) >= 11 is 0. The van der Waals surface area contributed by atoms with Gasteiger partial charge in [0.1, 0.15) is 18.7 Å². The van der Waals surface area contributed by atoms with Gasteiger partial charge in [0.25, 0.3) is 0 Å². The lowest BCUT2D eigenvalue weighted by atomic mass is 10.1. The van der Waals surface area contributed by atoms with E-state index in [1.165, 1.54) is 0 Å². The van der Waals surface area contributed by atoms with Crippen LogP contribution in [0.5, 0.6) is 0 Å². The molecule has 0 spiro atoms. The summed E-state index contributed by atoms with van der Waals surface area (Å²) in [6.45, 7) is 0. The Bertz CT molecular complexity index is 500. The van der Waals surface area contributed by atoms with Crippen LogP contribution in [0.25, 0.3) is 10.8 Å². The molecule has 0 N–H and O–H groups in total. The summed E-state index contributed by atoms with van der Waals surface area (Å²) < 4.78 is 1.90. The quantitative estimate of drug-likeness (QED) is 0.431. The van der Waals surface area contributed by atoms with Gasteiger partial charge in [0.15, 0.2) is 12.4 Å². The summed E-state index contributed by atoms with van der Waals surface area (Å²) in [5.41, 5.74) is 0.723. The third-order valence-corrected chi connectivity index (χ3v) is 2.05. The maximum Gasteiger partial charge on any atom is 0.187 e. The maximum atomic E-state index is 8.90. The lowest BCUT2D eigenvalue weighted by Gasteiger charge is -1.96. The van der Waals surface area contributed by atoms with Crippen molar-refractivity contribution in [3.05, 3.63) is 42.2 Å². The Hall–Kier alpha value is -1.15. The minimum Gasteiger partial charge on any atom is -1.00 e. The van der Waals surface area contributed by atoms with Crippen molar-refractivity contribution < 1.29 is 28.5 Å². The van der Waals surface area contributed by atoms with E-state index < -0.39 is 0 Å². The van der Waals surface area contributed by atoms with Gasteiger partial charge in [0.05, 0.1) is 0 Å². The zero-order valence-electron chi connectivity index (χ0n) is 7.74. The average molecular weight is 296 g/mol. The molecule has 0 aliphatic heterocycles. The summed E-state index contributed by atoms with van der Waals surface area (Å²) in [6.07, 6.45) is 3.85. The van der Waals surface area contributed by atoms with Crippen LogP contribution in [-0.2, 0) is 7.05 Å². The van der Waals surface area contributed by atoms with Gasteiger partial charge in [-0.2, -0.15) is 5.26 Å². The third-order valence-electron chi connectivity index (χ3n) is 2.05. The smallest absolute Gasteiger partial charge is 0.187 e. The largest absolute Gasteiger partial charge is 1.00 e. The standard InChI is InChI=1S/C11H9N2.HI/c1-13-7-9-4-2-3-5-11(9)10(6-12)8-13;/h2-5,7-8H,1H3;1H/q+1;/p-1. The van der Waals surface area contributed by atoms with Gasteiger partial charge >= 0.3 is 0 Å². The molecule has 2 nitrogen and oxygen atoms in total. The minimum atomic E-state index is 0. The molecule has 70 valence electrons. The second-order valence-electron chi connectivity index (χ2n) is 3.04. The van der Waals surface area contributed by atoms with E-state index in [9.17, 15) is 0 Å². The summed E-state index contributed by atoms with van der Waals surface area (Å²) in [4.78, 5) is 0. The van der Waals surface area contributed by atoms with Crippen LogP contribution >= 0.6 is 0 Å². The van der Waals surface area contributed by atoms with E-state index in [0.717, 1.165) is 16.3 Å². The predicted octanol–water partition coefficient (Wildman–Crippen LogP) is -1.46. The molecule has 1 heterocycles.